The minimum absolute atomic E-state index is 0. The maximum atomic E-state index is 12.3. The Kier molecular flexibility index (Phi) is 10.1. The number of carbonyl (C=O) groups excluding carboxylic acids is 1. The number of aliphatic imine (C=N–C) groups is 1. The van der Waals surface area contributed by atoms with Crippen molar-refractivity contribution in [2.45, 2.75) is 32.5 Å². The van der Waals surface area contributed by atoms with Crippen LogP contribution in [0.1, 0.15) is 25.4 Å². The fourth-order valence-corrected chi connectivity index (χ4v) is 2.03. The number of halogens is 4. The second-order valence-corrected chi connectivity index (χ2v) is 6.10. The van der Waals surface area contributed by atoms with Crippen LogP contribution in [0, 0.1) is 6.92 Å². The number of nitrogens with one attached hydrogen (secondary N) is 2. The van der Waals surface area contributed by atoms with Gasteiger partial charge in [-0.05, 0) is 32.9 Å². The van der Waals surface area contributed by atoms with Crippen LogP contribution in [0.4, 0.5) is 13.2 Å². The molecule has 0 spiro atoms. The third-order valence-electron chi connectivity index (χ3n) is 3.43. The molecule has 0 saturated carbocycles. The number of furan rings is 1. The smallest absolute Gasteiger partial charge is 0.406 e. The Bertz CT molecular complexity index is 633. The van der Waals surface area contributed by atoms with Crippen molar-refractivity contribution in [3.05, 3.63) is 23.7 Å². The molecule has 0 aliphatic carbocycles. The molecule has 0 aromatic carbocycles. The lowest BCUT2D eigenvalue weighted by Crippen LogP contribution is -2.45. The summed E-state index contributed by atoms with van der Waals surface area (Å²) in [6.45, 7) is 3.80. The van der Waals surface area contributed by atoms with E-state index in [-0.39, 0.29) is 36.5 Å². The summed E-state index contributed by atoms with van der Waals surface area (Å²) >= 11 is 0. The topological polar surface area (TPSA) is 90.1 Å². The molecule has 1 unspecified atom stereocenters. The van der Waals surface area contributed by atoms with Gasteiger partial charge in [0.05, 0.1) is 6.54 Å². The predicted octanol–water partition coefficient (Wildman–Crippen LogP) is 1.99. The number of alkyl halides is 3. The molecule has 7 nitrogen and oxygen atoms in total. The van der Waals surface area contributed by atoms with Crippen molar-refractivity contribution in [1.29, 1.82) is 0 Å². The highest BCUT2D eigenvalue weighted by atomic mass is 127. The van der Waals surface area contributed by atoms with Crippen molar-refractivity contribution in [2.24, 2.45) is 4.99 Å². The molecule has 0 aliphatic rings. The fourth-order valence-electron chi connectivity index (χ4n) is 2.03. The number of aliphatic hydroxyl groups is 1. The lowest BCUT2D eigenvalue weighted by Gasteiger charge is -2.23. The highest BCUT2D eigenvalue weighted by Gasteiger charge is 2.31. The molecule has 1 amide bonds. The van der Waals surface area contributed by atoms with Gasteiger partial charge in [0, 0.05) is 13.6 Å². The molecular formula is C16H26F3IN4O3. The van der Waals surface area contributed by atoms with Gasteiger partial charge >= 0.3 is 6.18 Å². The van der Waals surface area contributed by atoms with Crippen LogP contribution < -0.4 is 10.6 Å². The van der Waals surface area contributed by atoms with Crippen LogP contribution in [0.15, 0.2) is 21.5 Å². The zero-order valence-corrected chi connectivity index (χ0v) is 18.0. The maximum absolute atomic E-state index is 12.3. The van der Waals surface area contributed by atoms with Gasteiger partial charge in [-0.15, -0.1) is 24.0 Å². The molecule has 1 atom stereocenters. The van der Waals surface area contributed by atoms with Gasteiger partial charge in [0.15, 0.2) is 5.96 Å². The number of guanidine groups is 1. The first kappa shape index (κ1) is 25.5. The van der Waals surface area contributed by atoms with Crippen LogP contribution in [-0.4, -0.2) is 61.3 Å². The van der Waals surface area contributed by atoms with Crippen molar-refractivity contribution in [2.75, 3.05) is 33.2 Å². The Morgan fingerprint density at radius 2 is 1.96 bits per heavy atom. The van der Waals surface area contributed by atoms with Crippen molar-refractivity contribution < 1.29 is 27.5 Å². The number of carbonyl (C=O) groups is 1. The molecule has 3 N–H and O–H groups in total. The zero-order chi connectivity index (χ0) is 20.0. The molecular weight excluding hydrogens is 480 g/mol. The molecule has 0 aliphatic heterocycles. The van der Waals surface area contributed by atoms with Gasteiger partial charge in [-0.3, -0.25) is 4.79 Å². The average molecular weight is 506 g/mol. The fraction of sp³-hybridized carbons (Fsp3) is 0.625. The number of aryl methyl sites for hydroxylation is 1. The van der Waals surface area contributed by atoms with Crippen LogP contribution in [0.3, 0.4) is 0 Å². The molecule has 0 fully saturated rings. The van der Waals surface area contributed by atoms with Gasteiger partial charge in [-0.2, -0.15) is 13.2 Å². The summed E-state index contributed by atoms with van der Waals surface area (Å²) in [6, 6.07) is 3.37. The summed E-state index contributed by atoms with van der Waals surface area (Å²) in [5, 5.41) is 16.2. The quantitative estimate of drug-likeness (QED) is 0.299. The van der Waals surface area contributed by atoms with Gasteiger partial charge in [-0.1, -0.05) is 0 Å². The van der Waals surface area contributed by atoms with E-state index in [0.717, 1.165) is 7.05 Å². The monoisotopic (exact) mass is 506 g/mol. The third-order valence-corrected chi connectivity index (χ3v) is 3.43. The van der Waals surface area contributed by atoms with E-state index in [1.165, 1.54) is 0 Å². The number of hydrogen-bond donors (Lipinski definition) is 3. The van der Waals surface area contributed by atoms with Crippen molar-refractivity contribution in [1.82, 2.24) is 15.5 Å². The average Bonchev–Trinajstić information content (AvgIpc) is 2.95. The summed E-state index contributed by atoms with van der Waals surface area (Å²) in [7, 11) is 1.07. The molecule has 0 radical (unpaired) electrons. The number of nitrogens with zero attached hydrogens (tertiary/aromatic N) is 2. The van der Waals surface area contributed by atoms with E-state index < -0.39 is 30.8 Å². The minimum Gasteiger partial charge on any atom is -0.463 e. The Labute approximate surface area is 173 Å². The van der Waals surface area contributed by atoms with E-state index in [2.05, 4.69) is 15.6 Å². The van der Waals surface area contributed by atoms with Crippen LogP contribution >= 0.6 is 24.0 Å². The Hall–Kier alpha value is -1.50. The first-order valence-corrected chi connectivity index (χ1v) is 8.07. The predicted molar refractivity (Wildman–Crippen MR) is 106 cm³/mol. The standard InChI is InChI=1S/C16H25F3N4O3.HI/c1-5-20-14(21-8-13(24)23(4)10-16(17,18)19)22-9-15(3,25)12-7-6-11(2)26-12;/h6-7,25H,5,8-10H2,1-4H3,(H2,20,21,22);1H. The summed E-state index contributed by atoms with van der Waals surface area (Å²) < 4.78 is 42.3. The molecule has 1 rings (SSSR count). The molecule has 11 heteroatoms. The molecule has 1 heterocycles. The number of hydrogen-bond acceptors (Lipinski definition) is 4. The maximum Gasteiger partial charge on any atom is 0.406 e. The van der Waals surface area contributed by atoms with E-state index >= 15 is 0 Å². The van der Waals surface area contributed by atoms with Crippen LogP contribution in [0.25, 0.3) is 0 Å². The van der Waals surface area contributed by atoms with E-state index in [1.54, 1.807) is 32.9 Å². The van der Waals surface area contributed by atoms with Gasteiger partial charge in [-0.25, -0.2) is 4.99 Å². The largest absolute Gasteiger partial charge is 0.463 e. The number of amides is 1. The SMILES string of the molecule is CCNC(=NCC(=O)N(C)CC(F)(F)F)NCC(C)(O)c1ccc(C)o1.I. The lowest BCUT2D eigenvalue weighted by molar-refractivity contribution is -0.157. The molecule has 27 heavy (non-hydrogen) atoms. The Morgan fingerprint density at radius 1 is 1.33 bits per heavy atom. The Morgan fingerprint density at radius 3 is 2.44 bits per heavy atom. The highest BCUT2D eigenvalue weighted by molar-refractivity contribution is 14.0. The molecule has 1 aromatic rings. The molecule has 156 valence electrons. The van der Waals surface area contributed by atoms with E-state index in [0.29, 0.717) is 23.0 Å². The van der Waals surface area contributed by atoms with Crippen molar-refractivity contribution in [3.8, 4) is 0 Å². The third kappa shape index (κ3) is 9.31. The van der Waals surface area contributed by atoms with E-state index in [1.807, 2.05) is 0 Å². The van der Waals surface area contributed by atoms with Crippen LogP contribution in [0.2, 0.25) is 0 Å². The normalized spacial score (nSPS) is 14.1. The van der Waals surface area contributed by atoms with Crippen LogP contribution in [0.5, 0.6) is 0 Å². The van der Waals surface area contributed by atoms with Crippen LogP contribution in [-0.2, 0) is 10.4 Å². The van der Waals surface area contributed by atoms with Gasteiger partial charge < -0.3 is 25.1 Å². The highest BCUT2D eigenvalue weighted by Crippen LogP contribution is 2.21. The van der Waals surface area contributed by atoms with E-state index in [4.69, 9.17) is 4.42 Å². The van der Waals surface area contributed by atoms with Gasteiger partial charge in [0.1, 0.15) is 30.2 Å². The summed E-state index contributed by atoms with van der Waals surface area (Å²) in [5.41, 5.74) is -1.33. The second kappa shape index (κ2) is 10.7. The van der Waals surface area contributed by atoms with Crippen molar-refractivity contribution >= 4 is 35.8 Å². The summed E-state index contributed by atoms with van der Waals surface area (Å²) in [6.07, 6.45) is -4.46. The number of likely N-dealkylation sites (N-methyl/N-ethyl adjacent to an activating group) is 1. The summed E-state index contributed by atoms with van der Waals surface area (Å²) in [5.74, 6) is 0.441. The summed E-state index contributed by atoms with van der Waals surface area (Å²) in [4.78, 5) is 16.3. The Balaban J connectivity index is 0.00000676. The van der Waals surface area contributed by atoms with Crippen molar-refractivity contribution in [3.63, 3.8) is 0 Å². The molecule has 1 aromatic heterocycles. The minimum atomic E-state index is -4.46. The zero-order valence-electron chi connectivity index (χ0n) is 15.7. The first-order chi connectivity index (χ1) is 11.9. The lowest BCUT2D eigenvalue weighted by atomic mass is 10.0. The molecule has 0 bridgehead atoms. The van der Waals surface area contributed by atoms with Gasteiger partial charge in [0.2, 0.25) is 5.91 Å². The van der Waals surface area contributed by atoms with E-state index in [9.17, 15) is 23.1 Å². The first-order valence-electron chi connectivity index (χ1n) is 8.07. The molecule has 0 saturated heterocycles. The van der Waals surface area contributed by atoms with Gasteiger partial charge in [0.25, 0.3) is 0 Å². The number of rotatable bonds is 7. The second-order valence-electron chi connectivity index (χ2n) is 6.10.